The second-order valence-corrected chi connectivity index (χ2v) is 24.4. The van der Waals surface area contributed by atoms with Gasteiger partial charge < -0.3 is 46.6 Å². The van der Waals surface area contributed by atoms with Gasteiger partial charge in [0.05, 0.1) is 24.2 Å². The van der Waals surface area contributed by atoms with E-state index in [2.05, 4.69) is 50.1 Å². The predicted octanol–water partition coefficient (Wildman–Crippen LogP) is 6.22. The molecule has 0 saturated carbocycles. The van der Waals surface area contributed by atoms with Crippen molar-refractivity contribution in [1.82, 2.24) is 46.6 Å². The predicted molar refractivity (Wildman–Crippen MR) is 305 cm³/mol. The molecule has 0 radical (unpaired) electrons. The summed E-state index contributed by atoms with van der Waals surface area (Å²) in [6, 6.07) is 25.4. The van der Waals surface area contributed by atoms with Crippen LogP contribution in [-0.2, 0) is 61.1 Å². The zero-order chi connectivity index (χ0) is 56.9. The number of hydrogen-bond acceptors (Lipinski definition) is 9. The zero-order valence-electron chi connectivity index (χ0n) is 47.9. The number of rotatable bonds is 16. The van der Waals surface area contributed by atoms with Crippen LogP contribution in [0.4, 0.5) is 0 Å². The van der Waals surface area contributed by atoms with Crippen LogP contribution >= 0.6 is 0 Å². The van der Waals surface area contributed by atoms with Crippen molar-refractivity contribution in [2.45, 2.75) is 174 Å². The van der Waals surface area contributed by atoms with Gasteiger partial charge in [0.15, 0.2) is 0 Å². The summed E-state index contributed by atoms with van der Waals surface area (Å²) >= 11 is 0. The van der Waals surface area contributed by atoms with Gasteiger partial charge in [0.2, 0.25) is 35.4 Å². The Morgan fingerprint density at radius 3 is 1.71 bits per heavy atom. The molecule has 16 heteroatoms. The van der Waals surface area contributed by atoms with Gasteiger partial charge in [-0.05, 0) is 135 Å². The van der Waals surface area contributed by atoms with E-state index in [0.29, 0.717) is 12.0 Å². The van der Waals surface area contributed by atoms with Gasteiger partial charge in [-0.25, -0.2) is 0 Å². The van der Waals surface area contributed by atoms with Gasteiger partial charge in [-0.15, -0.1) is 0 Å². The summed E-state index contributed by atoms with van der Waals surface area (Å²) in [5, 5.41) is 18.3. The topological polar surface area (TPSA) is 201 Å². The first kappa shape index (κ1) is 58.2. The van der Waals surface area contributed by atoms with Crippen LogP contribution in [-0.4, -0.2) is 119 Å². The van der Waals surface area contributed by atoms with Crippen LogP contribution in [0.25, 0.3) is 0 Å². The first-order valence-electron chi connectivity index (χ1n) is 28.4. The minimum atomic E-state index is -0.963. The molecule has 4 aromatic rings. The molecule has 79 heavy (non-hydrogen) atoms. The highest BCUT2D eigenvalue weighted by atomic mass is 16.2. The van der Waals surface area contributed by atoms with Crippen LogP contribution < -0.4 is 31.9 Å². The van der Waals surface area contributed by atoms with Crippen molar-refractivity contribution in [3.8, 4) is 0 Å². The van der Waals surface area contributed by atoms with E-state index in [1.807, 2.05) is 113 Å². The lowest BCUT2D eigenvalue weighted by Gasteiger charge is -2.44. The van der Waals surface area contributed by atoms with Crippen molar-refractivity contribution in [2.24, 2.45) is 10.8 Å². The van der Waals surface area contributed by atoms with E-state index in [4.69, 9.17) is 0 Å². The average Bonchev–Trinajstić information content (AvgIpc) is 3.96. The second-order valence-electron chi connectivity index (χ2n) is 24.4. The number of fused-ring (bicyclic) bond motifs is 3. The summed E-state index contributed by atoms with van der Waals surface area (Å²) in [6.07, 6.45) is 5.51. The Labute approximate surface area is 467 Å². The average molecular weight is 1080 g/mol. The lowest BCUT2D eigenvalue weighted by molar-refractivity contribution is -0.152. The molecule has 422 valence electrons. The molecule has 4 aliphatic rings. The minimum absolute atomic E-state index is 0.0507. The van der Waals surface area contributed by atoms with Crippen molar-refractivity contribution >= 4 is 41.4 Å². The molecule has 2 heterocycles. The fourth-order valence-electron chi connectivity index (χ4n) is 11.8. The third-order valence-corrected chi connectivity index (χ3v) is 16.7. The fraction of sp³-hybridized carbons (Fsp3) is 0.508. The number of carbonyl (C=O) groups excluding carboxylic acids is 7. The maximum atomic E-state index is 15.8. The molecule has 9 atom stereocenters. The van der Waals surface area contributed by atoms with E-state index in [0.717, 1.165) is 66.3 Å². The summed E-state index contributed by atoms with van der Waals surface area (Å²) in [5.74, 6) is -2.29. The number of likely N-dealkylation sites (N-methyl/N-ethyl adjacent to an activating group) is 2. The number of nitrogens with zero attached hydrogens (tertiary/aromatic N) is 3. The fourth-order valence-corrected chi connectivity index (χ4v) is 11.8. The van der Waals surface area contributed by atoms with Crippen molar-refractivity contribution < 1.29 is 33.6 Å². The van der Waals surface area contributed by atoms with Crippen LogP contribution in [0, 0.1) is 10.8 Å². The normalized spacial score (nSPS) is 21.4. The van der Waals surface area contributed by atoms with Gasteiger partial charge in [0.1, 0.15) is 24.2 Å². The molecule has 0 aromatic heterocycles. The molecule has 2 aliphatic heterocycles. The monoisotopic (exact) mass is 1080 g/mol. The molecular weight excluding hydrogens is 995 g/mol. The first-order valence-corrected chi connectivity index (χ1v) is 28.4. The Kier molecular flexibility index (Phi) is 18.2. The van der Waals surface area contributed by atoms with Gasteiger partial charge in [0.25, 0.3) is 5.91 Å². The number of likely N-dealkylation sites (tertiary alicyclic amines) is 1. The highest BCUT2D eigenvalue weighted by Gasteiger charge is 2.47. The quantitative estimate of drug-likeness (QED) is 0.0754. The molecule has 6 N–H and O–H groups in total. The molecule has 7 amide bonds. The number of nitrogens with one attached hydrogen (secondary N) is 6. The summed E-state index contributed by atoms with van der Waals surface area (Å²) in [6.45, 7) is 15.3. The lowest BCUT2D eigenvalue weighted by atomic mass is 9.83. The van der Waals surface area contributed by atoms with Crippen molar-refractivity contribution in [3.05, 3.63) is 142 Å². The van der Waals surface area contributed by atoms with Crippen LogP contribution in [0.5, 0.6) is 0 Å². The Hall–Kier alpha value is -6.91. The molecular formula is C63H83N9O7. The summed E-state index contributed by atoms with van der Waals surface area (Å²) < 4.78 is 0. The molecule has 0 unspecified atom stereocenters. The molecule has 4 aromatic carbocycles. The number of carbonyl (C=O) groups is 7. The summed E-state index contributed by atoms with van der Waals surface area (Å²) in [4.78, 5) is 106. The number of amides is 7. The SMILES string of the molecule is CN[C@@H](C)C(=O)N[C@H](C(=O)N1C[C@@H](NC(=O)c2ccc(CN(C(=O)[C@@H]3Cc4ccccc4CN3C(=O)[C@@H](NC(=O)[C@H](C)NC)C(C)(C)C)[C@H]3CCCc4ccccc43)cc2)C[C@H]1C(=O)N[C@@H]1CCCc2ccccc21)C(C)(C)C. The van der Waals surface area contributed by atoms with Gasteiger partial charge in [-0.1, -0.05) is 126 Å². The van der Waals surface area contributed by atoms with E-state index >= 15 is 9.59 Å². The molecule has 0 bridgehead atoms. The van der Waals surface area contributed by atoms with E-state index in [1.54, 1.807) is 45.0 Å². The Bertz CT molecular complexity index is 2890. The van der Waals surface area contributed by atoms with Crippen LogP contribution in [0.3, 0.4) is 0 Å². The highest BCUT2D eigenvalue weighted by molar-refractivity contribution is 5.97. The number of hydrogen-bond donors (Lipinski definition) is 6. The summed E-state index contributed by atoms with van der Waals surface area (Å²) in [5.41, 5.74) is 6.16. The van der Waals surface area contributed by atoms with Gasteiger partial charge in [-0.3, -0.25) is 33.6 Å². The van der Waals surface area contributed by atoms with Crippen LogP contribution in [0.1, 0.15) is 149 Å². The molecule has 0 spiro atoms. The van der Waals surface area contributed by atoms with Gasteiger partial charge in [0, 0.05) is 37.7 Å². The van der Waals surface area contributed by atoms with Crippen LogP contribution in [0.2, 0.25) is 0 Å². The van der Waals surface area contributed by atoms with E-state index in [-0.39, 0.29) is 73.6 Å². The first-order chi connectivity index (χ1) is 37.6. The minimum Gasteiger partial charge on any atom is -0.347 e. The third kappa shape index (κ3) is 13.2. The lowest BCUT2D eigenvalue weighted by Crippen LogP contribution is -2.62. The largest absolute Gasteiger partial charge is 0.347 e. The summed E-state index contributed by atoms with van der Waals surface area (Å²) in [7, 11) is 3.37. The molecule has 1 fully saturated rings. The smallest absolute Gasteiger partial charge is 0.251 e. The van der Waals surface area contributed by atoms with Gasteiger partial charge >= 0.3 is 0 Å². The molecule has 8 rings (SSSR count). The van der Waals surface area contributed by atoms with E-state index in [1.165, 1.54) is 16.0 Å². The van der Waals surface area contributed by atoms with Crippen LogP contribution in [0.15, 0.2) is 97.1 Å². The maximum Gasteiger partial charge on any atom is 0.251 e. The van der Waals surface area contributed by atoms with E-state index < -0.39 is 59.0 Å². The Morgan fingerprint density at radius 2 is 1.13 bits per heavy atom. The molecule has 16 nitrogen and oxygen atoms in total. The maximum absolute atomic E-state index is 15.8. The van der Waals surface area contributed by atoms with E-state index in [9.17, 15) is 24.0 Å². The zero-order valence-corrected chi connectivity index (χ0v) is 47.9. The molecule has 2 aliphatic carbocycles. The Balaban J connectivity index is 1.06. The number of aryl methyl sites for hydroxylation is 2. The third-order valence-electron chi connectivity index (χ3n) is 16.7. The number of benzene rings is 4. The highest BCUT2D eigenvalue weighted by Crippen LogP contribution is 2.38. The molecule has 1 saturated heterocycles. The second kappa shape index (κ2) is 24.6. The van der Waals surface area contributed by atoms with Crippen molar-refractivity contribution in [1.29, 1.82) is 0 Å². The van der Waals surface area contributed by atoms with Crippen molar-refractivity contribution in [2.75, 3.05) is 20.6 Å². The van der Waals surface area contributed by atoms with Crippen molar-refractivity contribution in [3.63, 3.8) is 0 Å². The Morgan fingerprint density at radius 1 is 0.608 bits per heavy atom. The van der Waals surface area contributed by atoms with Gasteiger partial charge in [-0.2, -0.15) is 0 Å². The standard InChI is InChI=1S/C63H83N9O7/c1-38(64-9)55(73)68-53(62(3,4)5)60(78)71-36-45-22-12-11-21-44(45)33-52(71)59(77)70(50-28-18-24-42-20-14-16-26-48(42)50)35-40-29-31-43(32-30-40)57(75)66-46-34-51(58(76)67-49-27-17-23-41-19-13-15-25-47(41)49)72(37-46)61(79)54(63(6,7)8)69-56(74)39(2)65-10/h11-16,19-22,25-26,29-32,38-39,46,49-54,64-65H,17-18,23-24,27-28,33-37H2,1-10H3,(H,66,75)(H,67,76)(H,68,73)(H,69,74)/t38-,39-,46-,49+,50-,51-,52-,53+,54+/m0/s1.